The molecule has 0 aromatic rings. The number of rotatable bonds is 0. The molecule has 0 spiro atoms. The van der Waals surface area contributed by atoms with E-state index in [1.54, 1.807) is 0 Å². The molecule has 96 valence electrons. The van der Waals surface area contributed by atoms with Crippen molar-refractivity contribution in [2.75, 3.05) is 0 Å². The van der Waals surface area contributed by atoms with Crippen LogP contribution in [0.4, 0.5) is 0 Å². The van der Waals surface area contributed by atoms with Crippen LogP contribution in [0.15, 0.2) is 0 Å². The van der Waals surface area contributed by atoms with Gasteiger partial charge in [-0.1, -0.05) is 20.8 Å². The molecule has 1 N–H and O–H groups in total. The summed E-state index contributed by atoms with van der Waals surface area (Å²) in [5.74, 6) is 0.206. The van der Waals surface area contributed by atoms with Crippen LogP contribution < -0.4 is 0 Å². The van der Waals surface area contributed by atoms with Crippen LogP contribution in [-0.2, 0) is 9.47 Å². The van der Waals surface area contributed by atoms with E-state index in [9.17, 15) is 5.11 Å². The van der Waals surface area contributed by atoms with Gasteiger partial charge in [0.2, 0.25) is 0 Å². The largest absolute Gasteiger partial charge is 0.363 e. The molecule has 3 bridgehead atoms. The SMILES string of the molecule is CC1(C)CC2C(C1)C1(C)CC3OC2C(O)(C1)O3. The maximum Gasteiger partial charge on any atom is 0.196 e. The highest BCUT2D eigenvalue weighted by molar-refractivity contribution is 5.13. The topological polar surface area (TPSA) is 38.7 Å². The zero-order valence-corrected chi connectivity index (χ0v) is 10.9. The van der Waals surface area contributed by atoms with E-state index in [1.165, 1.54) is 6.42 Å². The molecule has 3 heteroatoms. The third-order valence-corrected chi connectivity index (χ3v) is 5.73. The number of hydrogen-bond donors (Lipinski definition) is 1. The smallest absolute Gasteiger partial charge is 0.196 e. The maximum absolute atomic E-state index is 10.6. The van der Waals surface area contributed by atoms with E-state index in [4.69, 9.17) is 9.47 Å². The Labute approximate surface area is 102 Å². The number of fused-ring (bicyclic) bond motifs is 5. The summed E-state index contributed by atoms with van der Waals surface area (Å²) in [4.78, 5) is 0. The van der Waals surface area contributed by atoms with Crippen LogP contribution in [0, 0.1) is 22.7 Å². The van der Waals surface area contributed by atoms with Gasteiger partial charge in [0.1, 0.15) is 6.10 Å². The van der Waals surface area contributed by atoms with E-state index < -0.39 is 5.79 Å². The zero-order chi connectivity index (χ0) is 12.1. The Morgan fingerprint density at radius 3 is 2.65 bits per heavy atom. The highest BCUT2D eigenvalue weighted by atomic mass is 16.8. The second-order valence-electron chi connectivity index (χ2n) is 7.83. The molecule has 0 aromatic carbocycles. The summed E-state index contributed by atoms with van der Waals surface area (Å²) in [5, 5.41) is 10.6. The summed E-state index contributed by atoms with van der Waals surface area (Å²) >= 11 is 0. The van der Waals surface area contributed by atoms with Crippen LogP contribution in [0.3, 0.4) is 0 Å². The summed E-state index contributed by atoms with van der Waals surface area (Å²) in [6.45, 7) is 7.02. The molecular weight excluding hydrogens is 216 g/mol. The lowest BCUT2D eigenvalue weighted by atomic mass is 9.59. The average Bonchev–Trinajstić information content (AvgIpc) is 2.57. The molecule has 2 aliphatic carbocycles. The lowest BCUT2D eigenvalue weighted by molar-refractivity contribution is -0.279. The third-order valence-electron chi connectivity index (χ3n) is 5.73. The summed E-state index contributed by atoms with van der Waals surface area (Å²) in [6.07, 6.45) is 3.93. The van der Waals surface area contributed by atoms with E-state index in [2.05, 4.69) is 20.8 Å². The second kappa shape index (κ2) is 2.73. The van der Waals surface area contributed by atoms with Gasteiger partial charge in [0.25, 0.3) is 0 Å². The highest BCUT2D eigenvalue weighted by Gasteiger charge is 2.69. The van der Waals surface area contributed by atoms with Crippen molar-refractivity contribution in [3.63, 3.8) is 0 Å². The first-order chi connectivity index (χ1) is 7.81. The van der Waals surface area contributed by atoms with Gasteiger partial charge >= 0.3 is 0 Å². The molecule has 0 amide bonds. The molecule has 4 fully saturated rings. The predicted octanol–water partition coefficient (Wildman–Crippen LogP) is 2.28. The zero-order valence-electron chi connectivity index (χ0n) is 10.9. The quantitative estimate of drug-likeness (QED) is 0.703. The standard InChI is InChI=1S/C14H22O3/c1-12(2)4-8-9(5-12)13(3)6-10-16-11(8)14(15,7-13)17-10/h8-11,15H,4-7H2,1-3H3. The first-order valence-electron chi connectivity index (χ1n) is 6.87. The van der Waals surface area contributed by atoms with Gasteiger partial charge in [0, 0.05) is 12.8 Å². The highest BCUT2D eigenvalue weighted by Crippen LogP contribution is 2.67. The van der Waals surface area contributed by atoms with E-state index in [1.807, 2.05) is 0 Å². The minimum atomic E-state index is -0.987. The molecule has 2 aliphatic heterocycles. The van der Waals surface area contributed by atoms with Crippen LogP contribution in [0.2, 0.25) is 0 Å². The van der Waals surface area contributed by atoms with Gasteiger partial charge < -0.3 is 14.6 Å². The second-order valence-corrected chi connectivity index (χ2v) is 7.83. The first-order valence-corrected chi connectivity index (χ1v) is 6.87. The van der Waals surface area contributed by atoms with Crippen molar-refractivity contribution >= 4 is 0 Å². The first kappa shape index (κ1) is 10.8. The fraction of sp³-hybridized carbons (Fsp3) is 1.00. The van der Waals surface area contributed by atoms with Gasteiger partial charge in [0.15, 0.2) is 12.1 Å². The van der Waals surface area contributed by atoms with Gasteiger partial charge in [0.05, 0.1) is 0 Å². The van der Waals surface area contributed by atoms with Crippen molar-refractivity contribution in [1.82, 2.24) is 0 Å². The monoisotopic (exact) mass is 238 g/mol. The Morgan fingerprint density at radius 2 is 1.88 bits per heavy atom. The molecule has 6 atom stereocenters. The molecule has 2 saturated heterocycles. The average molecular weight is 238 g/mol. The lowest BCUT2D eigenvalue weighted by Crippen LogP contribution is -2.57. The fourth-order valence-electron chi connectivity index (χ4n) is 5.27. The van der Waals surface area contributed by atoms with Crippen molar-refractivity contribution in [2.24, 2.45) is 22.7 Å². The van der Waals surface area contributed by atoms with Crippen molar-refractivity contribution in [1.29, 1.82) is 0 Å². The minimum absolute atomic E-state index is 0.0742. The molecular formula is C14H22O3. The van der Waals surface area contributed by atoms with E-state index in [-0.39, 0.29) is 17.8 Å². The van der Waals surface area contributed by atoms with Gasteiger partial charge in [-0.15, -0.1) is 0 Å². The summed E-state index contributed by atoms with van der Waals surface area (Å²) in [5.41, 5.74) is 0.601. The molecule has 4 aliphatic rings. The van der Waals surface area contributed by atoms with Crippen LogP contribution >= 0.6 is 0 Å². The molecule has 4 rings (SSSR count). The Balaban J connectivity index is 1.81. The summed E-state index contributed by atoms with van der Waals surface area (Å²) in [7, 11) is 0. The fourth-order valence-corrected chi connectivity index (χ4v) is 5.27. The molecule has 0 radical (unpaired) electrons. The Hall–Kier alpha value is -0.120. The van der Waals surface area contributed by atoms with Gasteiger partial charge in [-0.2, -0.15) is 0 Å². The Kier molecular flexibility index (Phi) is 1.73. The number of ether oxygens (including phenoxy) is 2. The molecule has 6 unspecified atom stereocenters. The molecule has 3 nitrogen and oxygen atoms in total. The van der Waals surface area contributed by atoms with Crippen LogP contribution in [0.25, 0.3) is 0 Å². The number of aliphatic hydroxyl groups is 1. The minimum Gasteiger partial charge on any atom is -0.363 e. The molecule has 17 heavy (non-hydrogen) atoms. The lowest BCUT2D eigenvalue weighted by Gasteiger charge is -2.51. The van der Waals surface area contributed by atoms with Gasteiger partial charge in [-0.3, -0.25) is 0 Å². The summed E-state index contributed by atoms with van der Waals surface area (Å²) < 4.78 is 11.7. The van der Waals surface area contributed by atoms with Crippen molar-refractivity contribution in [3.05, 3.63) is 0 Å². The van der Waals surface area contributed by atoms with Crippen molar-refractivity contribution in [2.45, 2.75) is 64.6 Å². The van der Waals surface area contributed by atoms with Gasteiger partial charge in [-0.25, -0.2) is 0 Å². The van der Waals surface area contributed by atoms with Crippen LogP contribution in [0.1, 0.15) is 46.5 Å². The summed E-state index contributed by atoms with van der Waals surface area (Å²) in [6, 6.07) is 0. The van der Waals surface area contributed by atoms with Crippen molar-refractivity contribution < 1.29 is 14.6 Å². The van der Waals surface area contributed by atoms with E-state index in [0.29, 0.717) is 17.3 Å². The van der Waals surface area contributed by atoms with Crippen LogP contribution in [-0.4, -0.2) is 23.3 Å². The Morgan fingerprint density at radius 1 is 1.12 bits per heavy atom. The van der Waals surface area contributed by atoms with Crippen molar-refractivity contribution in [3.8, 4) is 0 Å². The van der Waals surface area contributed by atoms with E-state index in [0.717, 1.165) is 19.3 Å². The number of hydrogen-bond acceptors (Lipinski definition) is 3. The molecule has 2 heterocycles. The molecule has 0 aromatic heterocycles. The maximum atomic E-state index is 10.6. The van der Waals surface area contributed by atoms with Gasteiger partial charge in [-0.05, 0) is 35.5 Å². The van der Waals surface area contributed by atoms with E-state index >= 15 is 0 Å². The van der Waals surface area contributed by atoms with Crippen LogP contribution in [0.5, 0.6) is 0 Å². The third kappa shape index (κ3) is 1.23. The predicted molar refractivity (Wildman–Crippen MR) is 62.0 cm³/mol. The molecule has 2 saturated carbocycles. The Bertz CT molecular complexity index is 380. The normalized spacial score (nSPS) is 62.8.